The summed E-state index contributed by atoms with van der Waals surface area (Å²) in [7, 11) is 2.08. The lowest BCUT2D eigenvalue weighted by atomic mass is 9.53. The molecule has 1 unspecified atom stereocenters. The first-order valence-corrected chi connectivity index (χ1v) is 11.5. The number of thioether (sulfide) groups is 1. The summed E-state index contributed by atoms with van der Waals surface area (Å²) in [6.07, 6.45) is 8.53. The van der Waals surface area contributed by atoms with E-state index < -0.39 is 0 Å². The molecule has 1 saturated heterocycles. The Kier molecular flexibility index (Phi) is 4.65. The van der Waals surface area contributed by atoms with Crippen molar-refractivity contribution in [2.45, 2.75) is 56.5 Å². The summed E-state index contributed by atoms with van der Waals surface area (Å²) in [4.78, 5) is 20.0. The standard InChI is InChI=1S/C22H28FN3OS/c1-26-19(9-20(27)24-18-4-2-17(23)3-5-18)13-28-21(26)25-22-10-14-6-15(11-22)8-16(7-14)12-22/h2-5,14-16,19H,6-13H2,1H3,(H,24,27). The van der Waals surface area contributed by atoms with E-state index >= 15 is 0 Å². The lowest BCUT2D eigenvalue weighted by Crippen LogP contribution is -2.50. The highest BCUT2D eigenvalue weighted by atomic mass is 32.2. The molecule has 1 aromatic carbocycles. The van der Waals surface area contributed by atoms with Crippen LogP contribution in [0.5, 0.6) is 0 Å². The van der Waals surface area contributed by atoms with E-state index in [1.807, 2.05) is 0 Å². The SMILES string of the molecule is CN1C(=NC23CC4CC(CC(C4)C2)C3)SCC1CC(=O)Nc1ccc(F)cc1. The van der Waals surface area contributed by atoms with Gasteiger partial charge in [0.1, 0.15) is 5.82 Å². The molecule has 0 spiro atoms. The summed E-state index contributed by atoms with van der Waals surface area (Å²) in [6.45, 7) is 0. The normalized spacial score (nSPS) is 37.6. The molecule has 4 aliphatic carbocycles. The maximum absolute atomic E-state index is 13.0. The number of amides is 1. The van der Waals surface area contributed by atoms with Crippen LogP contribution in [-0.4, -0.2) is 40.4 Å². The van der Waals surface area contributed by atoms with Gasteiger partial charge in [0, 0.05) is 31.0 Å². The number of halogens is 1. The van der Waals surface area contributed by atoms with E-state index in [0.717, 1.165) is 28.7 Å². The van der Waals surface area contributed by atoms with Crippen molar-refractivity contribution in [1.82, 2.24) is 4.90 Å². The minimum Gasteiger partial charge on any atom is -0.350 e. The average Bonchev–Trinajstić information content (AvgIpc) is 2.95. The predicted octanol–water partition coefficient (Wildman–Crippen LogP) is 4.53. The molecule has 0 aromatic heterocycles. The molecule has 6 heteroatoms. The highest BCUT2D eigenvalue weighted by Crippen LogP contribution is 2.57. The summed E-state index contributed by atoms with van der Waals surface area (Å²) < 4.78 is 13.0. The smallest absolute Gasteiger partial charge is 0.226 e. The Morgan fingerprint density at radius 1 is 1.18 bits per heavy atom. The Labute approximate surface area is 170 Å². The largest absolute Gasteiger partial charge is 0.350 e. The van der Waals surface area contributed by atoms with Crippen molar-refractivity contribution in [2.24, 2.45) is 22.7 Å². The van der Waals surface area contributed by atoms with E-state index in [9.17, 15) is 9.18 Å². The molecule has 0 radical (unpaired) electrons. The number of nitrogens with one attached hydrogen (secondary N) is 1. The van der Waals surface area contributed by atoms with Crippen LogP contribution in [0.25, 0.3) is 0 Å². The van der Waals surface area contributed by atoms with Crippen molar-refractivity contribution in [3.63, 3.8) is 0 Å². The summed E-state index contributed by atoms with van der Waals surface area (Å²) in [6, 6.07) is 6.09. The molecule has 28 heavy (non-hydrogen) atoms. The third-order valence-corrected chi connectivity index (χ3v) is 8.33. The maximum Gasteiger partial charge on any atom is 0.226 e. The first kappa shape index (κ1) is 18.5. The predicted molar refractivity (Wildman–Crippen MR) is 112 cm³/mol. The number of amidine groups is 1. The van der Waals surface area contributed by atoms with Crippen LogP contribution >= 0.6 is 11.8 Å². The summed E-state index contributed by atoms with van der Waals surface area (Å²) in [5.74, 6) is 3.26. The minimum absolute atomic E-state index is 0.0277. The molecule has 5 aliphatic rings. The third kappa shape index (κ3) is 3.56. The van der Waals surface area contributed by atoms with Gasteiger partial charge < -0.3 is 10.2 Å². The molecule has 6 rings (SSSR count). The quantitative estimate of drug-likeness (QED) is 0.806. The fourth-order valence-corrected chi connectivity index (χ4v) is 7.51. The van der Waals surface area contributed by atoms with Gasteiger partial charge in [0.05, 0.1) is 5.54 Å². The lowest BCUT2D eigenvalue weighted by molar-refractivity contribution is -0.116. The fourth-order valence-electron chi connectivity index (χ4n) is 6.21. The Balaban J connectivity index is 1.23. The zero-order chi connectivity index (χ0) is 19.3. The van der Waals surface area contributed by atoms with Crippen molar-refractivity contribution in [1.29, 1.82) is 0 Å². The lowest BCUT2D eigenvalue weighted by Gasteiger charge is -2.55. The van der Waals surface area contributed by atoms with E-state index in [2.05, 4.69) is 17.3 Å². The average molecular weight is 402 g/mol. The van der Waals surface area contributed by atoms with Gasteiger partial charge in [-0.25, -0.2) is 4.39 Å². The molecule has 4 bridgehead atoms. The molecule has 1 atom stereocenters. The number of carbonyl (C=O) groups is 1. The molecule has 5 fully saturated rings. The second kappa shape index (κ2) is 7.05. The number of hydrogen-bond acceptors (Lipinski definition) is 3. The van der Waals surface area contributed by atoms with Crippen LogP contribution in [0.3, 0.4) is 0 Å². The zero-order valence-electron chi connectivity index (χ0n) is 16.4. The van der Waals surface area contributed by atoms with Crippen LogP contribution in [0.4, 0.5) is 10.1 Å². The topological polar surface area (TPSA) is 44.7 Å². The Bertz CT molecular complexity index is 758. The van der Waals surface area contributed by atoms with Crippen LogP contribution < -0.4 is 5.32 Å². The molecule has 150 valence electrons. The van der Waals surface area contributed by atoms with E-state index in [1.54, 1.807) is 23.9 Å². The van der Waals surface area contributed by atoms with Crippen LogP contribution in [0.1, 0.15) is 44.9 Å². The van der Waals surface area contributed by atoms with E-state index in [-0.39, 0.29) is 23.3 Å². The number of benzene rings is 1. The summed E-state index contributed by atoms with van der Waals surface area (Å²) >= 11 is 1.80. The van der Waals surface area contributed by atoms with Gasteiger partial charge in [-0.15, -0.1) is 0 Å². The van der Waals surface area contributed by atoms with Gasteiger partial charge in [0.25, 0.3) is 0 Å². The molecular formula is C22H28FN3OS. The Morgan fingerprint density at radius 2 is 1.79 bits per heavy atom. The number of hydrogen-bond donors (Lipinski definition) is 1. The van der Waals surface area contributed by atoms with Crippen LogP contribution in [0.2, 0.25) is 0 Å². The van der Waals surface area contributed by atoms with Crippen molar-refractivity contribution < 1.29 is 9.18 Å². The van der Waals surface area contributed by atoms with Gasteiger partial charge in [-0.1, -0.05) is 11.8 Å². The molecular weight excluding hydrogens is 373 g/mol. The maximum atomic E-state index is 13.0. The minimum atomic E-state index is -0.296. The highest BCUT2D eigenvalue weighted by Gasteiger charge is 2.51. The number of anilines is 1. The third-order valence-electron chi connectivity index (χ3n) is 7.14. The van der Waals surface area contributed by atoms with Crippen molar-refractivity contribution >= 4 is 28.5 Å². The molecule has 1 amide bonds. The molecule has 1 aliphatic heterocycles. The molecule has 1 N–H and O–H groups in total. The second-order valence-corrected chi connectivity index (χ2v) is 10.4. The van der Waals surface area contributed by atoms with Gasteiger partial charge >= 0.3 is 0 Å². The summed E-state index contributed by atoms with van der Waals surface area (Å²) in [5, 5.41) is 4.00. The fraction of sp³-hybridized carbons (Fsp3) is 0.636. The molecule has 1 aromatic rings. The summed E-state index contributed by atoms with van der Waals surface area (Å²) in [5.41, 5.74) is 0.818. The first-order valence-electron chi connectivity index (χ1n) is 10.5. The van der Waals surface area contributed by atoms with Crippen LogP contribution in [0, 0.1) is 23.6 Å². The number of aliphatic imine (C=N–C) groups is 1. The Hall–Kier alpha value is -1.56. The molecule has 4 nitrogen and oxygen atoms in total. The van der Waals surface area contributed by atoms with E-state index in [4.69, 9.17) is 4.99 Å². The molecule has 4 saturated carbocycles. The molecule has 1 heterocycles. The van der Waals surface area contributed by atoms with E-state index in [1.165, 1.54) is 50.7 Å². The van der Waals surface area contributed by atoms with Crippen molar-refractivity contribution in [3.05, 3.63) is 30.1 Å². The number of carbonyl (C=O) groups excluding carboxylic acids is 1. The van der Waals surface area contributed by atoms with Gasteiger partial charge in [-0.05, 0) is 80.5 Å². The van der Waals surface area contributed by atoms with Crippen molar-refractivity contribution in [2.75, 3.05) is 18.1 Å². The zero-order valence-corrected chi connectivity index (χ0v) is 17.2. The van der Waals surface area contributed by atoms with Gasteiger partial charge in [-0.3, -0.25) is 9.79 Å². The van der Waals surface area contributed by atoms with Gasteiger partial charge in [0.2, 0.25) is 5.91 Å². The van der Waals surface area contributed by atoms with Gasteiger partial charge in [0.15, 0.2) is 5.17 Å². The number of rotatable bonds is 4. The van der Waals surface area contributed by atoms with Gasteiger partial charge in [-0.2, -0.15) is 0 Å². The van der Waals surface area contributed by atoms with Crippen LogP contribution in [0.15, 0.2) is 29.3 Å². The van der Waals surface area contributed by atoms with E-state index in [0.29, 0.717) is 12.1 Å². The number of nitrogens with zero attached hydrogens (tertiary/aromatic N) is 2. The first-order chi connectivity index (χ1) is 13.5. The highest BCUT2D eigenvalue weighted by molar-refractivity contribution is 8.14. The Morgan fingerprint density at radius 3 is 2.39 bits per heavy atom. The second-order valence-electron chi connectivity index (χ2n) is 9.37. The van der Waals surface area contributed by atoms with Crippen LogP contribution in [-0.2, 0) is 4.79 Å². The monoisotopic (exact) mass is 401 g/mol. The van der Waals surface area contributed by atoms with Crippen molar-refractivity contribution in [3.8, 4) is 0 Å².